The first-order valence-electron chi connectivity index (χ1n) is 6.69. The van der Waals surface area contributed by atoms with E-state index in [1.54, 1.807) is 0 Å². The molecule has 0 amide bonds. The summed E-state index contributed by atoms with van der Waals surface area (Å²) in [5.41, 5.74) is 2.34. The van der Waals surface area contributed by atoms with Crippen LogP contribution in [0.15, 0.2) is 24.3 Å². The molecule has 1 N–H and O–H groups in total. The molecule has 0 saturated carbocycles. The molecule has 0 aliphatic rings. The van der Waals surface area contributed by atoms with E-state index in [1.165, 1.54) is 5.56 Å². The van der Waals surface area contributed by atoms with Crippen molar-refractivity contribution in [3.63, 3.8) is 0 Å². The number of aliphatic hydroxyl groups excluding tert-OH is 1. The van der Waals surface area contributed by atoms with Gasteiger partial charge < -0.3 is 9.84 Å². The normalized spacial score (nSPS) is 15.4. The van der Waals surface area contributed by atoms with E-state index in [4.69, 9.17) is 4.74 Å². The van der Waals surface area contributed by atoms with Crippen molar-refractivity contribution in [2.45, 2.75) is 53.2 Å². The maximum absolute atomic E-state index is 10.4. The molecule has 0 bridgehead atoms. The van der Waals surface area contributed by atoms with E-state index in [9.17, 15) is 5.11 Å². The molecule has 2 unspecified atom stereocenters. The van der Waals surface area contributed by atoms with Crippen LogP contribution in [0.3, 0.4) is 0 Å². The first-order valence-corrected chi connectivity index (χ1v) is 6.69. The molecule has 0 aromatic heterocycles. The summed E-state index contributed by atoms with van der Waals surface area (Å²) in [6, 6.07) is 8.30. The minimum absolute atomic E-state index is 0.0554. The van der Waals surface area contributed by atoms with Gasteiger partial charge in [0.2, 0.25) is 0 Å². The first kappa shape index (κ1) is 15.2. The Bertz CT molecular complexity index is 348. The SMILES string of the molecule is CCOC(C(O)Cc1ccc(C)cc1)C(C)(C)C. The largest absolute Gasteiger partial charge is 0.390 e. The third-order valence-electron chi connectivity index (χ3n) is 3.11. The Morgan fingerprint density at radius 1 is 1.17 bits per heavy atom. The van der Waals surface area contributed by atoms with Gasteiger partial charge in [-0.15, -0.1) is 0 Å². The van der Waals surface area contributed by atoms with Crippen molar-refractivity contribution < 1.29 is 9.84 Å². The maximum Gasteiger partial charge on any atom is 0.0885 e. The molecule has 0 fully saturated rings. The van der Waals surface area contributed by atoms with Crippen LogP contribution in [0.4, 0.5) is 0 Å². The molecule has 2 heteroatoms. The molecule has 0 heterocycles. The fourth-order valence-electron chi connectivity index (χ4n) is 2.19. The van der Waals surface area contributed by atoms with Crippen LogP contribution in [0.2, 0.25) is 0 Å². The van der Waals surface area contributed by atoms with Crippen molar-refractivity contribution in [1.29, 1.82) is 0 Å². The summed E-state index contributed by atoms with van der Waals surface area (Å²) in [7, 11) is 0. The minimum Gasteiger partial charge on any atom is -0.390 e. The fraction of sp³-hybridized carbons (Fsp3) is 0.625. The van der Waals surface area contributed by atoms with Gasteiger partial charge in [0.15, 0.2) is 0 Å². The van der Waals surface area contributed by atoms with Crippen LogP contribution in [-0.2, 0) is 11.2 Å². The van der Waals surface area contributed by atoms with Crippen LogP contribution < -0.4 is 0 Å². The predicted octanol–water partition coefficient (Wildman–Crippen LogP) is 3.35. The van der Waals surface area contributed by atoms with E-state index in [0.29, 0.717) is 13.0 Å². The van der Waals surface area contributed by atoms with E-state index >= 15 is 0 Å². The Kier molecular flexibility index (Phi) is 5.36. The minimum atomic E-state index is -0.465. The molecular formula is C16H26O2. The van der Waals surface area contributed by atoms with Gasteiger partial charge >= 0.3 is 0 Å². The third-order valence-corrected chi connectivity index (χ3v) is 3.11. The molecule has 0 aliphatic heterocycles. The zero-order valence-corrected chi connectivity index (χ0v) is 12.2. The predicted molar refractivity (Wildman–Crippen MR) is 75.8 cm³/mol. The Labute approximate surface area is 111 Å². The van der Waals surface area contributed by atoms with E-state index < -0.39 is 6.10 Å². The molecular weight excluding hydrogens is 224 g/mol. The molecule has 1 aromatic carbocycles. The molecule has 0 aliphatic carbocycles. The lowest BCUT2D eigenvalue weighted by Gasteiger charge is -2.34. The molecule has 102 valence electrons. The lowest BCUT2D eigenvalue weighted by atomic mass is 9.83. The van der Waals surface area contributed by atoms with Gasteiger partial charge in [0.25, 0.3) is 0 Å². The van der Waals surface area contributed by atoms with Crippen molar-refractivity contribution in [2.24, 2.45) is 5.41 Å². The zero-order valence-electron chi connectivity index (χ0n) is 12.2. The Morgan fingerprint density at radius 2 is 1.72 bits per heavy atom. The van der Waals surface area contributed by atoms with Crippen LogP contribution in [0, 0.1) is 12.3 Å². The van der Waals surface area contributed by atoms with Gasteiger partial charge in [-0.2, -0.15) is 0 Å². The fourth-order valence-corrected chi connectivity index (χ4v) is 2.19. The Morgan fingerprint density at radius 3 is 2.17 bits per heavy atom. The Hall–Kier alpha value is -0.860. The van der Waals surface area contributed by atoms with E-state index in [1.807, 2.05) is 6.92 Å². The van der Waals surface area contributed by atoms with E-state index in [0.717, 1.165) is 5.56 Å². The monoisotopic (exact) mass is 250 g/mol. The Balaban J connectivity index is 2.72. The second kappa shape index (κ2) is 6.35. The zero-order chi connectivity index (χ0) is 13.8. The summed E-state index contributed by atoms with van der Waals surface area (Å²) in [5, 5.41) is 10.4. The van der Waals surface area contributed by atoms with Gasteiger partial charge in [-0.1, -0.05) is 50.6 Å². The number of aryl methyl sites for hydroxylation is 1. The van der Waals surface area contributed by atoms with Crippen molar-refractivity contribution in [3.05, 3.63) is 35.4 Å². The van der Waals surface area contributed by atoms with Gasteiger partial charge in [0.05, 0.1) is 12.2 Å². The summed E-state index contributed by atoms with van der Waals surface area (Å²) in [4.78, 5) is 0. The summed E-state index contributed by atoms with van der Waals surface area (Å²) >= 11 is 0. The summed E-state index contributed by atoms with van der Waals surface area (Å²) in [5.74, 6) is 0. The lowest BCUT2D eigenvalue weighted by Crippen LogP contribution is -2.41. The van der Waals surface area contributed by atoms with Crippen LogP contribution in [0.1, 0.15) is 38.8 Å². The summed E-state index contributed by atoms with van der Waals surface area (Å²) < 4.78 is 5.71. The van der Waals surface area contributed by atoms with Crippen molar-refractivity contribution >= 4 is 0 Å². The summed E-state index contributed by atoms with van der Waals surface area (Å²) in [6.45, 7) is 11.0. The van der Waals surface area contributed by atoms with Gasteiger partial charge in [-0.3, -0.25) is 0 Å². The molecule has 1 aromatic rings. The second-order valence-corrected chi connectivity index (χ2v) is 6.00. The molecule has 2 nitrogen and oxygen atoms in total. The van der Waals surface area contributed by atoms with Gasteiger partial charge in [0, 0.05) is 13.0 Å². The number of rotatable bonds is 5. The standard InChI is InChI=1S/C16H26O2/c1-6-18-15(16(3,4)5)14(17)11-13-9-7-12(2)8-10-13/h7-10,14-15,17H,6,11H2,1-5H3. The number of ether oxygens (including phenoxy) is 1. The van der Waals surface area contributed by atoms with Crippen LogP contribution in [0.5, 0.6) is 0 Å². The number of benzene rings is 1. The van der Waals surface area contributed by atoms with E-state index in [2.05, 4.69) is 52.0 Å². The van der Waals surface area contributed by atoms with E-state index in [-0.39, 0.29) is 11.5 Å². The van der Waals surface area contributed by atoms with Crippen molar-refractivity contribution in [3.8, 4) is 0 Å². The molecule has 18 heavy (non-hydrogen) atoms. The maximum atomic E-state index is 10.4. The van der Waals surface area contributed by atoms with Gasteiger partial charge in [-0.25, -0.2) is 0 Å². The van der Waals surface area contributed by atoms with Crippen LogP contribution in [-0.4, -0.2) is 23.9 Å². The van der Waals surface area contributed by atoms with Crippen molar-refractivity contribution in [1.82, 2.24) is 0 Å². The quantitative estimate of drug-likeness (QED) is 0.868. The number of hydrogen-bond acceptors (Lipinski definition) is 2. The third kappa shape index (κ3) is 4.43. The highest BCUT2D eigenvalue weighted by Crippen LogP contribution is 2.26. The smallest absolute Gasteiger partial charge is 0.0885 e. The molecule has 0 radical (unpaired) electrons. The lowest BCUT2D eigenvalue weighted by molar-refractivity contribution is -0.0873. The average molecular weight is 250 g/mol. The molecule has 0 spiro atoms. The van der Waals surface area contributed by atoms with Crippen LogP contribution in [0.25, 0.3) is 0 Å². The topological polar surface area (TPSA) is 29.5 Å². The van der Waals surface area contributed by atoms with Crippen molar-refractivity contribution in [2.75, 3.05) is 6.61 Å². The highest BCUT2D eigenvalue weighted by molar-refractivity contribution is 5.22. The van der Waals surface area contributed by atoms with Gasteiger partial charge in [-0.05, 0) is 24.8 Å². The molecule has 1 rings (SSSR count). The number of aliphatic hydroxyl groups is 1. The highest BCUT2D eigenvalue weighted by atomic mass is 16.5. The number of hydrogen-bond donors (Lipinski definition) is 1. The van der Waals surface area contributed by atoms with Crippen LogP contribution >= 0.6 is 0 Å². The van der Waals surface area contributed by atoms with Gasteiger partial charge in [0.1, 0.15) is 0 Å². The summed E-state index contributed by atoms with van der Waals surface area (Å²) in [6.07, 6.45) is 0.0406. The second-order valence-electron chi connectivity index (χ2n) is 6.00. The average Bonchev–Trinajstić information content (AvgIpc) is 2.27. The molecule has 2 atom stereocenters. The molecule has 0 saturated heterocycles. The highest BCUT2D eigenvalue weighted by Gasteiger charge is 2.31. The first-order chi connectivity index (χ1) is 8.34.